The van der Waals surface area contributed by atoms with Crippen LogP contribution in [0.3, 0.4) is 0 Å². The molecule has 148 valence electrons. The first-order valence-electron chi connectivity index (χ1n) is 8.97. The van der Waals surface area contributed by atoms with Gasteiger partial charge in [0, 0.05) is 17.6 Å². The number of aliphatic hydroxyl groups excluding tert-OH is 1. The molecule has 0 radical (unpaired) electrons. The second kappa shape index (κ2) is 8.19. The minimum Gasteiger partial charge on any atom is -0.461 e. The van der Waals surface area contributed by atoms with Crippen LogP contribution >= 0.6 is 0 Å². The molecular formula is C20H26O7. The summed E-state index contributed by atoms with van der Waals surface area (Å²) >= 11 is 0. The standard InChI is InChI=1S/C20H26O7/c1-5-11(2)18(23)27-16-9-20(4,25)7-6-14(22)13(10-21)8-15-17(16)12(3)19(24)26-15/h6-8,11,15-17,21,25H,3,5,9-10H2,1-2,4H3/b7-6+,13-8-/t11?,15-,16-,17+,20+/m1/s1. The fourth-order valence-electron chi connectivity index (χ4n) is 3.10. The third kappa shape index (κ3) is 4.73. The highest BCUT2D eigenvalue weighted by Crippen LogP contribution is 2.37. The lowest BCUT2D eigenvalue weighted by Crippen LogP contribution is -2.40. The van der Waals surface area contributed by atoms with Crippen molar-refractivity contribution >= 4 is 17.7 Å². The molecule has 2 N–H and O–H groups in total. The Bertz CT molecular complexity index is 701. The monoisotopic (exact) mass is 378 g/mol. The molecule has 0 aromatic heterocycles. The van der Waals surface area contributed by atoms with E-state index in [2.05, 4.69) is 6.58 Å². The SMILES string of the molecule is C=C1C(=O)O[C@@H]2/C=C(/CO)C(=O)/C=C/[C@](C)(O)C[C@@H](OC(=O)C(C)CC)[C@@H]12. The van der Waals surface area contributed by atoms with E-state index >= 15 is 0 Å². The summed E-state index contributed by atoms with van der Waals surface area (Å²) < 4.78 is 10.9. The maximum absolute atomic E-state index is 12.4. The van der Waals surface area contributed by atoms with Gasteiger partial charge < -0.3 is 19.7 Å². The van der Waals surface area contributed by atoms with Crippen molar-refractivity contribution in [2.45, 2.75) is 51.4 Å². The lowest BCUT2D eigenvalue weighted by atomic mass is 9.82. The first-order valence-corrected chi connectivity index (χ1v) is 8.97. The molecule has 27 heavy (non-hydrogen) atoms. The quantitative estimate of drug-likeness (QED) is 0.559. The van der Waals surface area contributed by atoms with Crippen molar-refractivity contribution in [2.24, 2.45) is 11.8 Å². The fourth-order valence-corrected chi connectivity index (χ4v) is 3.10. The Kier molecular flexibility index (Phi) is 6.38. The van der Waals surface area contributed by atoms with E-state index in [1.165, 1.54) is 19.1 Å². The normalized spacial score (nSPS) is 35.5. The second-order valence-electron chi connectivity index (χ2n) is 7.31. The van der Waals surface area contributed by atoms with Crippen molar-refractivity contribution in [1.29, 1.82) is 0 Å². The molecule has 1 saturated heterocycles. The van der Waals surface area contributed by atoms with E-state index in [-0.39, 0.29) is 23.5 Å². The minimum absolute atomic E-state index is 0.0217. The number of ether oxygens (including phenoxy) is 2. The molecule has 0 bridgehead atoms. The van der Waals surface area contributed by atoms with Gasteiger partial charge in [-0.3, -0.25) is 9.59 Å². The zero-order valence-electron chi connectivity index (χ0n) is 15.8. The fraction of sp³-hybridized carbons (Fsp3) is 0.550. The molecule has 1 heterocycles. The highest BCUT2D eigenvalue weighted by Gasteiger charge is 2.46. The number of ketones is 1. The van der Waals surface area contributed by atoms with Crippen molar-refractivity contribution in [3.05, 3.63) is 36.0 Å². The first kappa shape index (κ1) is 21.1. The van der Waals surface area contributed by atoms with E-state index in [9.17, 15) is 24.6 Å². The molecule has 0 spiro atoms. The maximum Gasteiger partial charge on any atom is 0.334 e. The maximum atomic E-state index is 12.4. The van der Waals surface area contributed by atoms with Crippen LogP contribution in [0.15, 0.2) is 36.0 Å². The molecule has 1 aliphatic carbocycles. The van der Waals surface area contributed by atoms with Gasteiger partial charge in [0.25, 0.3) is 0 Å². The molecule has 5 atom stereocenters. The van der Waals surface area contributed by atoms with Gasteiger partial charge in [0.2, 0.25) is 0 Å². The van der Waals surface area contributed by atoms with Gasteiger partial charge in [-0.15, -0.1) is 0 Å². The van der Waals surface area contributed by atoms with Crippen molar-refractivity contribution in [1.82, 2.24) is 0 Å². The zero-order valence-corrected chi connectivity index (χ0v) is 15.8. The number of fused-ring (bicyclic) bond motifs is 1. The number of allylic oxidation sites excluding steroid dienone is 1. The van der Waals surface area contributed by atoms with Gasteiger partial charge in [-0.05, 0) is 31.6 Å². The minimum atomic E-state index is -1.48. The van der Waals surface area contributed by atoms with Crippen LogP contribution in [0.25, 0.3) is 0 Å². The smallest absolute Gasteiger partial charge is 0.334 e. The average molecular weight is 378 g/mol. The van der Waals surface area contributed by atoms with Crippen LogP contribution in [0.5, 0.6) is 0 Å². The molecule has 1 aliphatic heterocycles. The second-order valence-corrected chi connectivity index (χ2v) is 7.31. The van der Waals surface area contributed by atoms with Crippen molar-refractivity contribution in [2.75, 3.05) is 6.61 Å². The summed E-state index contributed by atoms with van der Waals surface area (Å²) in [6.45, 7) is 8.24. The summed E-state index contributed by atoms with van der Waals surface area (Å²) in [6.07, 6.45) is 2.53. The van der Waals surface area contributed by atoms with Crippen molar-refractivity contribution in [3.63, 3.8) is 0 Å². The Morgan fingerprint density at radius 1 is 1.48 bits per heavy atom. The Balaban J connectivity index is 2.50. The Morgan fingerprint density at radius 2 is 2.15 bits per heavy atom. The summed E-state index contributed by atoms with van der Waals surface area (Å²) in [5.74, 6) is -2.73. The Labute approximate surface area is 158 Å². The van der Waals surface area contributed by atoms with Gasteiger partial charge in [0.1, 0.15) is 12.2 Å². The van der Waals surface area contributed by atoms with Gasteiger partial charge in [0.15, 0.2) is 5.78 Å². The lowest BCUT2D eigenvalue weighted by Gasteiger charge is -2.32. The Morgan fingerprint density at radius 3 is 2.74 bits per heavy atom. The van der Waals surface area contributed by atoms with E-state index in [0.717, 1.165) is 6.08 Å². The molecule has 1 unspecified atom stereocenters. The van der Waals surface area contributed by atoms with E-state index in [1.807, 2.05) is 6.92 Å². The lowest BCUT2D eigenvalue weighted by molar-refractivity contribution is -0.159. The van der Waals surface area contributed by atoms with Crippen LogP contribution in [-0.2, 0) is 23.9 Å². The number of hydrogen-bond acceptors (Lipinski definition) is 7. The van der Waals surface area contributed by atoms with E-state index in [4.69, 9.17) is 9.47 Å². The van der Waals surface area contributed by atoms with Crippen LogP contribution in [0, 0.1) is 11.8 Å². The molecule has 7 heteroatoms. The molecule has 0 aromatic carbocycles. The summed E-state index contributed by atoms with van der Waals surface area (Å²) in [6, 6.07) is 0. The van der Waals surface area contributed by atoms with Gasteiger partial charge >= 0.3 is 11.9 Å². The molecular weight excluding hydrogens is 352 g/mol. The summed E-state index contributed by atoms with van der Waals surface area (Å²) in [7, 11) is 0. The average Bonchev–Trinajstić information content (AvgIpc) is 2.89. The highest BCUT2D eigenvalue weighted by molar-refractivity contribution is 6.04. The highest BCUT2D eigenvalue weighted by atomic mass is 16.6. The van der Waals surface area contributed by atoms with E-state index in [1.54, 1.807) is 6.92 Å². The van der Waals surface area contributed by atoms with E-state index in [0.29, 0.717) is 6.42 Å². The molecule has 7 nitrogen and oxygen atoms in total. The van der Waals surface area contributed by atoms with Gasteiger partial charge in [-0.1, -0.05) is 20.4 Å². The van der Waals surface area contributed by atoms with Crippen LogP contribution in [0.4, 0.5) is 0 Å². The summed E-state index contributed by atoms with van der Waals surface area (Å²) in [5.41, 5.74) is -1.36. The molecule has 0 amide bonds. The van der Waals surface area contributed by atoms with Crippen LogP contribution in [0.1, 0.15) is 33.6 Å². The largest absolute Gasteiger partial charge is 0.461 e. The number of esters is 2. The van der Waals surface area contributed by atoms with Crippen LogP contribution in [0.2, 0.25) is 0 Å². The molecule has 2 aliphatic rings. The third-order valence-electron chi connectivity index (χ3n) is 5.00. The number of carbonyl (C=O) groups is 3. The van der Waals surface area contributed by atoms with Gasteiger partial charge in [-0.2, -0.15) is 0 Å². The van der Waals surface area contributed by atoms with Gasteiger partial charge in [0.05, 0.1) is 24.0 Å². The number of carbonyl (C=O) groups excluding carboxylic acids is 3. The van der Waals surface area contributed by atoms with Crippen molar-refractivity contribution < 1.29 is 34.1 Å². The molecule has 0 aromatic rings. The number of hydrogen-bond donors (Lipinski definition) is 2. The zero-order chi connectivity index (χ0) is 20.4. The third-order valence-corrected chi connectivity index (χ3v) is 5.00. The first-order chi connectivity index (χ1) is 12.6. The van der Waals surface area contributed by atoms with Gasteiger partial charge in [-0.25, -0.2) is 4.79 Å². The predicted octanol–water partition coefficient (Wildman–Crippen LogP) is 1.24. The molecule has 1 fully saturated rings. The number of rotatable bonds is 4. The summed E-state index contributed by atoms with van der Waals surface area (Å²) in [4.78, 5) is 36.7. The van der Waals surface area contributed by atoms with Crippen LogP contribution in [-0.4, -0.2) is 52.4 Å². The predicted molar refractivity (Wildman–Crippen MR) is 96.4 cm³/mol. The van der Waals surface area contributed by atoms with Crippen molar-refractivity contribution in [3.8, 4) is 0 Å². The molecule has 2 rings (SSSR count). The van der Waals surface area contributed by atoms with E-state index < -0.39 is 48.1 Å². The summed E-state index contributed by atoms with van der Waals surface area (Å²) in [5, 5.41) is 20.2. The number of aliphatic hydroxyl groups is 2. The molecule has 0 saturated carbocycles. The van der Waals surface area contributed by atoms with Crippen LogP contribution < -0.4 is 0 Å². The Hall–Kier alpha value is -2.25. The topological polar surface area (TPSA) is 110 Å².